The first-order chi connectivity index (χ1) is 11.2. The first-order valence-corrected chi connectivity index (χ1v) is 7.82. The van der Waals surface area contributed by atoms with Crippen LogP contribution in [0, 0.1) is 5.92 Å². The molecule has 3 aromatic rings. The molecular formula is C16H17N5O2. The van der Waals surface area contributed by atoms with Gasteiger partial charge in [-0.05, 0) is 25.0 Å². The highest BCUT2D eigenvalue weighted by Crippen LogP contribution is 2.29. The minimum absolute atomic E-state index is 0.0319. The SMILES string of the molecule is Nc1nc(-c2ccco2)c2ncn(C(=O)C3CCCCC3)c2n1. The normalized spacial score (nSPS) is 16.0. The Bertz CT molecular complexity index is 847. The third-order valence-electron chi connectivity index (χ3n) is 4.36. The van der Waals surface area contributed by atoms with E-state index in [2.05, 4.69) is 15.0 Å². The van der Waals surface area contributed by atoms with Crippen molar-refractivity contribution in [1.29, 1.82) is 0 Å². The summed E-state index contributed by atoms with van der Waals surface area (Å²) in [6, 6.07) is 3.55. The van der Waals surface area contributed by atoms with Gasteiger partial charge in [0.25, 0.3) is 0 Å². The molecular weight excluding hydrogens is 294 g/mol. The summed E-state index contributed by atoms with van der Waals surface area (Å²) in [5, 5.41) is 0. The zero-order valence-corrected chi connectivity index (χ0v) is 12.6. The first-order valence-electron chi connectivity index (χ1n) is 7.82. The van der Waals surface area contributed by atoms with Crippen LogP contribution in [0.5, 0.6) is 0 Å². The van der Waals surface area contributed by atoms with E-state index in [1.54, 1.807) is 18.4 Å². The van der Waals surface area contributed by atoms with Gasteiger partial charge in [0.2, 0.25) is 11.9 Å². The van der Waals surface area contributed by atoms with Crippen LogP contribution in [-0.2, 0) is 0 Å². The zero-order valence-electron chi connectivity index (χ0n) is 12.6. The summed E-state index contributed by atoms with van der Waals surface area (Å²) in [5.41, 5.74) is 7.30. The third kappa shape index (κ3) is 2.38. The van der Waals surface area contributed by atoms with Crippen molar-refractivity contribution in [3.63, 3.8) is 0 Å². The lowest BCUT2D eigenvalue weighted by Gasteiger charge is -2.20. The van der Waals surface area contributed by atoms with Crippen molar-refractivity contribution in [3.05, 3.63) is 24.7 Å². The van der Waals surface area contributed by atoms with E-state index in [0.29, 0.717) is 22.6 Å². The molecule has 2 N–H and O–H groups in total. The van der Waals surface area contributed by atoms with E-state index in [1.807, 2.05) is 0 Å². The van der Waals surface area contributed by atoms with Gasteiger partial charge >= 0.3 is 0 Å². The van der Waals surface area contributed by atoms with Gasteiger partial charge in [-0.2, -0.15) is 4.98 Å². The minimum Gasteiger partial charge on any atom is -0.463 e. The van der Waals surface area contributed by atoms with Gasteiger partial charge in [-0.3, -0.25) is 9.36 Å². The van der Waals surface area contributed by atoms with Crippen LogP contribution in [0.15, 0.2) is 29.1 Å². The summed E-state index contributed by atoms with van der Waals surface area (Å²) in [6.45, 7) is 0. The van der Waals surface area contributed by atoms with Crippen molar-refractivity contribution in [3.8, 4) is 11.5 Å². The fraction of sp³-hybridized carbons (Fsp3) is 0.375. The predicted octanol–water partition coefficient (Wildman–Crippen LogP) is 2.89. The van der Waals surface area contributed by atoms with Crippen LogP contribution in [0.1, 0.15) is 36.9 Å². The van der Waals surface area contributed by atoms with Crippen molar-refractivity contribution in [2.45, 2.75) is 32.1 Å². The molecule has 0 amide bonds. The Hall–Kier alpha value is -2.70. The largest absolute Gasteiger partial charge is 0.463 e. The number of carbonyl (C=O) groups is 1. The summed E-state index contributed by atoms with van der Waals surface area (Å²) >= 11 is 0. The van der Waals surface area contributed by atoms with Crippen molar-refractivity contribution >= 4 is 23.0 Å². The standard InChI is InChI=1S/C16H17N5O2/c17-16-19-12(11-7-4-8-23-11)13-14(20-16)21(9-18-13)15(22)10-5-2-1-3-6-10/h4,7-10H,1-3,5-6H2,(H2,17,19,20). The van der Waals surface area contributed by atoms with E-state index >= 15 is 0 Å². The number of imidazole rings is 1. The van der Waals surface area contributed by atoms with Crippen LogP contribution in [0.2, 0.25) is 0 Å². The summed E-state index contributed by atoms with van der Waals surface area (Å²) in [4.78, 5) is 25.6. The molecule has 1 saturated carbocycles. The number of anilines is 1. The highest BCUT2D eigenvalue weighted by atomic mass is 16.3. The number of nitrogens with zero attached hydrogens (tertiary/aromatic N) is 4. The monoisotopic (exact) mass is 311 g/mol. The molecule has 0 spiro atoms. The molecule has 0 unspecified atom stereocenters. The summed E-state index contributed by atoms with van der Waals surface area (Å²) in [7, 11) is 0. The molecule has 3 aromatic heterocycles. The Labute approximate surface area is 132 Å². The fourth-order valence-corrected chi connectivity index (χ4v) is 3.21. The number of nitrogen functional groups attached to an aromatic ring is 1. The van der Waals surface area contributed by atoms with Crippen molar-refractivity contribution in [1.82, 2.24) is 19.5 Å². The highest BCUT2D eigenvalue weighted by Gasteiger charge is 2.25. The molecule has 118 valence electrons. The Morgan fingerprint density at radius 3 is 2.83 bits per heavy atom. The van der Waals surface area contributed by atoms with E-state index in [1.165, 1.54) is 17.3 Å². The molecule has 0 aliphatic heterocycles. The Balaban J connectivity index is 1.81. The summed E-state index contributed by atoms with van der Waals surface area (Å²) in [6.07, 6.45) is 8.31. The maximum Gasteiger partial charge on any atom is 0.236 e. The Morgan fingerprint density at radius 1 is 1.26 bits per heavy atom. The smallest absolute Gasteiger partial charge is 0.236 e. The maximum atomic E-state index is 12.8. The molecule has 1 aliphatic rings. The molecule has 23 heavy (non-hydrogen) atoms. The Morgan fingerprint density at radius 2 is 2.09 bits per heavy atom. The average molecular weight is 311 g/mol. The minimum atomic E-state index is 0.0319. The van der Waals surface area contributed by atoms with Gasteiger partial charge in [-0.1, -0.05) is 19.3 Å². The lowest BCUT2D eigenvalue weighted by molar-refractivity contribution is 0.0806. The number of rotatable bonds is 2. The Kier molecular flexibility index (Phi) is 3.33. The fourth-order valence-electron chi connectivity index (χ4n) is 3.21. The lowest BCUT2D eigenvalue weighted by Crippen LogP contribution is -2.23. The highest BCUT2D eigenvalue weighted by molar-refractivity contribution is 5.94. The van der Waals surface area contributed by atoms with Crippen LogP contribution in [-0.4, -0.2) is 25.4 Å². The lowest BCUT2D eigenvalue weighted by atomic mass is 9.88. The van der Waals surface area contributed by atoms with E-state index in [0.717, 1.165) is 25.7 Å². The summed E-state index contributed by atoms with van der Waals surface area (Å²) < 4.78 is 6.90. The van der Waals surface area contributed by atoms with Crippen molar-refractivity contribution in [2.24, 2.45) is 5.92 Å². The molecule has 1 aliphatic carbocycles. The van der Waals surface area contributed by atoms with Gasteiger partial charge in [0.15, 0.2) is 11.4 Å². The summed E-state index contributed by atoms with van der Waals surface area (Å²) in [5.74, 6) is 0.724. The van der Waals surface area contributed by atoms with Gasteiger partial charge in [0.05, 0.1) is 6.26 Å². The molecule has 3 heterocycles. The molecule has 0 bridgehead atoms. The van der Waals surface area contributed by atoms with E-state index in [-0.39, 0.29) is 17.8 Å². The number of carbonyl (C=O) groups excluding carboxylic acids is 1. The van der Waals surface area contributed by atoms with Gasteiger partial charge in [-0.25, -0.2) is 9.97 Å². The molecule has 4 rings (SSSR count). The molecule has 0 saturated heterocycles. The topological polar surface area (TPSA) is 99.8 Å². The molecule has 7 nitrogen and oxygen atoms in total. The zero-order chi connectivity index (χ0) is 15.8. The molecule has 1 fully saturated rings. The van der Waals surface area contributed by atoms with Gasteiger partial charge < -0.3 is 10.2 Å². The second-order valence-electron chi connectivity index (χ2n) is 5.87. The van der Waals surface area contributed by atoms with Gasteiger partial charge in [0, 0.05) is 5.92 Å². The van der Waals surface area contributed by atoms with E-state index in [4.69, 9.17) is 10.2 Å². The second-order valence-corrected chi connectivity index (χ2v) is 5.87. The third-order valence-corrected chi connectivity index (χ3v) is 4.36. The average Bonchev–Trinajstić information content (AvgIpc) is 3.24. The maximum absolute atomic E-state index is 12.8. The van der Waals surface area contributed by atoms with Gasteiger partial charge in [-0.15, -0.1) is 0 Å². The van der Waals surface area contributed by atoms with Crippen LogP contribution in [0.3, 0.4) is 0 Å². The molecule has 7 heteroatoms. The number of furan rings is 1. The number of fused-ring (bicyclic) bond motifs is 1. The quantitative estimate of drug-likeness (QED) is 0.781. The van der Waals surface area contributed by atoms with E-state index in [9.17, 15) is 4.79 Å². The van der Waals surface area contributed by atoms with Crippen molar-refractivity contribution < 1.29 is 9.21 Å². The molecule has 0 atom stereocenters. The first kappa shape index (κ1) is 13.9. The predicted molar refractivity (Wildman–Crippen MR) is 84.6 cm³/mol. The van der Waals surface area contributed by atoms with Crippen molar-refractivity contribution in [2.75, 3.05) is 5.73 Å². The number of aromatic nitrogens is 4. The van der Waals surface area contributed by atoms with Crippen LogP contribution >= 0.6 is 0 Å². The number of hydrogen-bond donors (Lipinski definition) is 1. The van der Waals surface area contributed by atoms with Crippen LogP contribution < -0.4 is 5.73 Å². The molecule has 0 radical (unpaired) electrons. The van der Waals surface area contributed by atoms with Crippen LogP contribution in [0.25, 0.3) is 22.6 Å². The number of nitrogens with two attached hydrogens (primary N) is 1. The second kappa shape index (κ2) is 5.49. The van der Waals surface area contributed by atoms with E-state index < -0.39 is 0 Å². The van der Waals surface area contributed by atoms with Gasteiger partial charge in [0.1, 0.15) is 17.5 Å². The number of hydrogen-bond acceptors (Lipinski definition) is 6. The van der Waals surface area contributed by atoms with Crippen LogP contribution in [0.4, 0.5) is 5.95 Å². The molecule has 0 aromatic carbocycles.